The van der Waals surface area contributed by atoms with Gasteiger partial charge in [-0.15, -0.1) is 0 Å². The summed E-state index contributed by atoms with van der Waals surface area (Å²) in [6.45, 7) is 11.9. The first-order valence-electron chi connectivity index (χ1n) is 10.8. The number of anilines is 2. The third-order valence-corrected chi connectivity index (χ3v) is 9.87. The standard InChI is InChI=1S/C24H34N2O4Si/c1-7-25(8-2)19-11-15-21(16-12-19)31(23(27)29-5,24(28)30-6)22-17-13-20(14-18-22)26(9-3)10-4/h11-18H,7-10H2,1-6H3. The van der Waals surface area contributed by atoms with Gasteiger partial charge in [-0.3, -0.25) is 9.59 Å². The normalized spacial score (nSPS) is 11.0. The second kappa shape index (κ2) is 11.0. The van der Waals surface area contributed by atoms with E-state index in [4.69, 9.17) is 9.47 Å². The molecule has 0 aliphatic carbocycles. The van der Waals surface area contributed by atoms with Crippen molar-refractivity contribution in [3.63, 3.8) is 0 Å². The lowest BCUT2D eigenvalue weighted by Crippen LogP contribution is -2.70. The topological polar surface area (TPSA) is 59.1 Å². The fourth-order valence-corrected chi connectivity index (χ4v) is 7.44. The van der Waals surface area contributed by atoms with E-state index in [0.717, 1.165) is 37.6 Å². The maximum Gasteiger partial charge on any atom is 0.370 e. The Kier molecular flexibility index (Phi) is 8.68. The highest BCUT2D eigenvalue weighted by molar-refractivity contribution is 7.37. The van der Waals surface area contributed by atoms with Gasteiger partial charge < -0.3 is 19.3 Å². The van der Waals surface area contributed by atoms with Crippen molar-refractivity contribution in [2.24, 2.45) is 0 Å². The number of rotatable bonds is 10. The van der Waals surface area contributed by atoms with E-state index in [2.05, 4.69) is 37.5 Å². The SMILES string of the molecule is CCN(CC)c1ccc([Si](C(=O)OC)(C(=O)OC)c2ccc(N(CC)CC)cc2)cc1. The molecule has 7 heteroatoms. The Balaban J connectivity index is 2.67. The first-order chi connectivity index (χ1) is 14.9. The maximum atomic E-state index is 13.2. The quantitative estimate of drug-likeness (QED) is 0.524. The van der Waals surface area contributed by atoms with Crippen molar-refractivity contribution in [1.82, 2.24) is 0 Å². The van der Waals surface area contributed by atoms with Gasteiger partial charge in [0.15, 0.2) is 0 Å². The highest BCUT2D eigenvalue weighted by atomic mass is 28.3. The van der Waals surface area contributed by atoms with E-state index in [0.29, 0.717) is 10.4 Å². The fourth-order valence-electron chi connectivity index (χ4n) is 4.05. The number of hydrogen-bond donors (Lipinski definition) is 0. The average Bonchev–Trinajstić information content (AvgIpc) is 2.82. The third kappa shape index (κ3) is 4.61. The van der Waals surface area contributed by atoms with Crippen LogP contribution in [0.15, 0.2) is 48.5 Å². The molecule has 0 aliphatic rings. The van der Waals surface area contributed by atoms with Gasteiger partial charge in [0.2, 0.25) is 0 Å². The lowest BCUT2D eigenvalue weighted by atomic mass is 10.3. The molecule has 0 aromatic heterocycles. The monoisotopic (exact) mass is 442 g/mol. The zero-order chi connectivity index (χ0) is 23.0. The van der Waals surface area contributed by atoms with Crippen molar-refractivity contribution in [3.8, 4) is 0 Å². The molecule has 2 rings (SSSR count). The van der Waals surface area contributed by atoms with Crippen LogP contribution in [0.2, 0.25) is 0 Å². The van der Waals surface area contributed by atoms with E-state index in [-0.39, 0.29) is 0 Å². The molecule has 2 aromatic rings. The summed E-state index contributed by atoms with van der Waals surface area (Å²) in [5.74, 6) is 0. The summed E-state index contributed by atoms with van der Waals surface area (Å²) >= 11 is 0. The molecule has 0 bridgehead atoms. The number of hydrogen-bond acceptors (Lipinski definition) is 6. The number of nitrogens with zero attached hydrogens (tertiary/aromatic N) is 2. The predicted molar refractivity (Wildman–Crippen MR) is 130 cm³/mol. The molecule has 31 heavy (non-hydrogen) atoms. The summed E-state index contributed by atoms with van der Waals surface area (Å²) in [5.41, 5.74) is 1.02. The molecule has 0 saturated heterocycles. The average molecular weight is 443 g/mol. The van der Waals surface area contributed by atoms with Crippen LogP contribution < -0.4 is 20.2 Å². The van der Waals surface area contributed by atoms with Gasteiger partial charge in [-0.25, -0.2) is 0 Å². The highest BCUT2D eigenvalue weighted by Gasteiger charge is 2.56. The summed E-state index contributed by atoms with van der Waals surface area (Å²) in [7, 11) is -1.03. The van der Waals surface area contributed by atoms with Gasteiger partial charge in [0.1, 0.15) is 0 Å². The summed E-state index contributed by atoms with van der Waals surface area (Å²) in [5, 5.41) is 1.30. The van der Waals surface area contributed by atoms with Gasteiger partial charge in [0.25, 0.3) is 11.2 Å². The minimum absolute atomic E-state index is 0.537. The van der Waals surface area contributed by atoms with E-state index in [1.165, 1.54) is 14.2 Å². The number of carbonyl (C=O) groups excluding carboxylic acids is 2. The molecule has 0 saturated carbocycles. The molecular formula is C24H34N2O4Si. The molecule has 0 fully saturated rings. The van der Waals surface area contributed by atoms with Gasteiger partial charge in [0, 0.05) is 37.6 Å². The molecule has 0 unspecified atom stereocenters. The van der Waals surface area contributed by atoms with Gasteiger partial charge in [-0.1, -0.05) is 24.3 Å². The van der Waals surface area contributed by atoms with Crippen molar-refractivity contribution < 1.29 is 19.1 Å². The Morgan fingerprint density at radius 3 is 1.16 bits per heavy atom. The summed E-state index contributed by atoms with van der Waals surface area (Å²) < 4.78 is 10.4. The predicted octanol–water partition coefficient (Wildman–Crippen LogP) is 3.64. The summed E-state index contributed by atoms with van der Waals surface area (Å²) in [4.78, 5) is 30.9. The minimum Gasteiger partial charge on any atom is -0.472 e. The zero-order valence-electron chi connectivity index (χ0n) is 19.5. The molecule has 168 valence electrons. The molecule has 6 nitrogen and oxygen atoms in total. The molecule has 0 radical (unpaired) electrons. The van der Waals surface area contributed by atoms with Crippen LogP contribution in [0.25, 0.3) is 0 Å². The fraction of sp³-hybridized carbons (Fsp3) is 0.417. The van der Waals surface area contributed by atoms with Crippen LogP contribution in [0.4, 0.5) is 21.0 Å². The Labute approximate surface area is 186 Å². The zero-order valence-corrected chi connectivity index (χ0v) is 20.5. The highest BCUT2D eigenvalue weighted by Crippen LogP contribution is 2.19. The van der Waals surface area contributed by atoms with Crippen LogP contribution >= 0.6 is 0 Å². The van der Waals surface area contributed by atoms with Crippen molar-refractivity contribution >= 4 is 41.0 Å². The van der Waals surface area contributed by atoms with Crippen LogP contribution in [0.1, 0.15) is 27.7 Å². The van der Waals surface area contributed by atoms with Gasteiger partial charge >= 0.3 is 8.07 Å². The smallest absolute Gasteiger partial charge is 0.370 e. The van der Waals surface area contributed by atoms with E-state index in [9.17, 15) is 9.59 Å². The first kappa shape index (κ1) is 24.5. The van der Waals surface area contributed by atoms with Gasteiger partial charge in [0.05, 0.1) is 14.2 Å². The van der Waals surface area contributed by atoms with Crippen molar-refractivity contribution in [2.45, 2.75) is 27.7 Å². The Morgan fingerprint density at radius 2 is 0.935 bits per heavy atom. The molecule has 0 N–H and O–H groups in total. The van der Waals surface area contributed by atoms with Crippen LogP contribution in [-0.2, 0) is 9.47 Å². The Bertz CT molecular complexity index is 787. The maximum absolute atomic E-state index is 13.2. The van der Waals surface area contributed by atoms with Crippen LogP contribution in [-0.4, -0.2) is 59.7 Å². The van der Waals surface area contributed by atoms with Crippen LogP contribution in [0, 0.1) is 0 Å². The second-order valence-electron chi connectivity index (χ2n) is 7.17. The van der Waals surface area contributed by atoms with Crippen LogP contribution in [0.5, 0.6) is 0 Å². The second-order valence-corrected chi connectivity index (χ2v) is 10.6. The van der Waals surface area contributed by atoms with Gasteiger partial charge in [-0.2, -0.15) is 0 Å². The molecular weight excluding hydrogens is 408 g/mol. The molecule has 0 amide bonds. The van der Waals surface area contributed by atoms with Gasteiger partial charge in [-0.05, 0) is 62.3 Å². The van der Waals surface area contributed by atoms with Crippen molar-refractivity contribution in [2.75, 3.05) is 50.2 Å². The lowest BCUT2D eigenvalue weighted by molar-refractivity contribution is 0.187. The Hall–Kier alpha value is -2.80. The van der Waals surface area contributed by atoms with Crippen molar-refractivity contribution in [1.29, 1.82) is 0 Å². The lowest BCUT2D eigenvalue weighted by Gasteiger charge is -2.28. The van der Waals surface area contributed by atoms with E-state index in [1.807, 2.05) is 48.5 Å². The molecule has 0 aliphatic heterocycles. The van der Waals surface area contributed by atoms with Crippen molar-refractivity contribution in [3.05, 3.63) is 48.5 Å². The molecule has 0 atom stereocenters. The van der Waals surface area contributed by atoms with Crippen LogP contribution in [0.3, 0.4) is 0 Å². The summed E-state index contributed by atoms with van der Waals surface area (Å²) in [6.07, 6.45) is 0. The largest absolute Gasteiger partial charge is 0.472 e. The Morgan fingerprint density at radius 1 is 0.645 bits per heavy atom. The number of ether oxygens (including phenoxy) is 2. The number of benzene rings is 2. The molecule has 2 aromatic carbocycles. The van der Waals surface area contributed by atoms with E-state index < -0.39 is 19.3 Å². The first-order valence-corrected chi connectivity index (χ1v) is 12.8. The minimum atomic E-state index is -3.67. The molecule has 0 heterocycles. The van der Waals surface area contributed by atoms with E-state index >= 15 is 0 Å². The number of carbonyl (C=O) groups is 2. The third-order valence-electron chi connectivity index (χ3n) is 5.84. The summed E-state index contributed by atoms with van der Waals surface area (Å²) in [6, 6.07) is 15.3. The number of methoxy groups -OCH3 is 2. The molecule has 0 spiro atoms. The van der Waals surface area contributed by atoms with E-state index in [1.54, 1.807) is 0 Å².